The number of benzene rings is 3. The minimum atomic E-state index is -3.78. The summed E-state index contributed by atoms with van der Waals surface area (Å²) >= 11 is 0. The summed E-state index contributed by atoms with van der Waals surface area (Å²) in [6.45, 7) is 4.77. The number of hydrogen-bond acceptors (Lipinski definition) is 6. The van der Waals surface area contributed by atoms with Gasteiger partial charge in [0.15, 0.2) is 0 Å². The van der Waals surface area contributed by atoms with Crippen molar-refractivity contribution < 1.29 is 18.0 Å². The van der Waals surface area contributed by atoms with Gasteiger partial charge in [-0.25, -0.2) is 17.7 Å². The summed E-state index contributed by atoms with van der Waals surface area (Å²) in [5.41, 5.74) is 3.96. The minimum Gasteiger partial charge on any atom is -0.354 e. The van der Waals surface area contributed by atoms with E-state index in [9.17, 15) is 18.0 Å². The smallest absolute Gasteiger partial charge is 0.243 e. The molecule has 9 heteroatoms. The fourth-order valence-electron chi connectivity index (χ4n) is 3.85. The molecule has 0 spiro atoms. The molecule has 0 unspecified atom stereocenters. The van der Waals surface area contributed by atoms with E-state index >= 15 is 0 Å². The van der Waals surface area contributed by atoms with Gasteiger partial charge < -0.3 is 10.6 Å². The summed E-state index contributed by atoms with van der Waals surface area (Å²) in [6.07, 6.45) is 1.02. The number of sulfonamides is 1. The highest BCUT2D eigenvalue weighted by Crippen LogP contribution is 2.35. The van der Waals surface area contributed by atoms with E-state index in [1.165, 1.54) is 6.92 Å². The third-order valence-electron chi connectivity index (χ3n) is 5.40. The Labute approximate surface area is 204 Å². The molecule has 0 aliphatic heterocycles. The third-order valence-corrected chi connectivity index (χ3v) is 6.45. The van der Waals surface area contributed by atoms with Crippen molar-refractivity contribution in [1.29, 1.82) is 0 Å². The van der Waals surface area contributed by atoms with Crippen molar-refractivity contribution in [3.8, 4) is 0 Å². The van der Waals surface area contributed by atoms with E-state index in [4.69, 9.17) is 4.98 Å². The van der Waals surface area contributed by atoms with Crippen LogP contribution < -0.4 is 14.9 Å². The lowest BCUT2D eigenvalue weighted by Gasteiger charge is -2.22. The first-order valence-corrected chi connectivity index (χ1v) is 12.9. The van der Waals surface area contributed by atoms with Gasteiger partial charge in [-0.3, -0.25) is 9.59 Å². The number of para-hydroxylation sites is 1. The fraction of sp³-hybridized carbons (Fsp3) is 0.192. The van der Waals surface area contributed by atoms with E-state index < -0.39 is 21.8 Å². The predicted molar refractivity (Wildman–Crippen MR) is 140 cm³/mol. The number of carbonyl (C=O) groups is 2. The van der Waals surface area contributed by atoms with Gasteiger partial charge in [0.2, 0.25) is 21.8 Å². The van der Waals surface area contributed by atoms with Gasteiger partial charge in [0.05, 0.1) is 28.7 Å². The van der Waals surface area contributed by atoms with Gasteiger partial charge in [-0.2, -0.15) is 0 Å². The maximum absolute atomic E-state index is 12.6. The van der Waals surface area contributed by atoms with E-state index in [1.54, 1.807) is 38.1 Å². The molecule has 180 valence electrons. The molecule has 4 rings (SSSR count). The predicted octanol–water partition coefficient (Wildman–Crippen LogP) is 5.04. The van der Waals surface area contributed by atoms with Crippen molar-refractivity contribution in [2.45, 2.75) is 20.8 Å². The van der Waals surface area contributed by atoms with Crippen LogP contribution in [0.1, 0.15) is 20.8 Å². The first-order valence-electron chi connectivity index (χ1n) is 11.1. The topological polar surface area (TPSA) is 108 Å². The number of pyridine rings is 1. The van der Waals surface area contributed by atoms with Crippen LogP contribution in [0.25, 0.3) is 21.8 Å². The van der Waals surface area contributed by atoms with E-state index in [-0.39, 0.29) is 11.6 Å². The Bertz CT molecular complexity index is 1550. The lowest BCUT2D eigenvalue weighted by molar-refractivity contribution is -0.120. The van der Waals surface area contributed by atoms with Crippen LogP contribution in [-0.2, 0) is 19.6 Å². The normalized spacial score (nSPS) is 11.6. The summed E-state index contributed by atoms with van der Waals surface area (Å²) in [5, 5.41) is 7.97. The number of amides is 2. The number of fused-ring (bicyclic) bond motifs is 2. The number of carbonyl (C=O) groups excluding carboxylic acids is 2. The Kier molecular flexibility index (Phi) is 6.45. The summed E-state index contributed by atoms with van der Waals surface area (Å²) in [5.74, 6) is -1.13. The molecule has 0 radical (unpaired) electrons. The molecular formula is C26H26N4O4S. The molecule has 0 aliphatic carbocycles. The molecule has 8 nitrogen and oxygen atoms in total. The molecular weight excluding hydrogens is 464 g/mol. The minimum absolute atomic E-state index is 0.164. The number of aromatic nitrogens is 1. The van der Waals surface area contributed by atoms with Crippen molar-refractivity contribution >= 4 is 66.4 Å². The summed E-state index contributed by atoms with van der Waals surface area (Å²) in [4.78, 5) is 28.8. The summed E-state index contributed by atoms with van der Waals surface area (Å²) < 4.78 is 25.4. The molecule has 3 aromatic carbocycles. The van der Waals surface area contributed by atoms with Crippen LogP contribution >= 0.6 is 0 Å². The van der Waals surface area contributed by atoms with Crippen LogP contribution in [-0.4, -0.2) is 31.5 Å². The van der Waals surface area contributed by atoms with Crippen molar-refractivity contribution in [3.05, 3.63) is 66.7 Å². The van der Waals surface area contributed by atoms with Gasteiger partial charge >= 0.3 is 0 Å². The van der Waals surface area contributed by atoms with Gasteiger partial charge in [-0.15, -0.1) is 0 Å². The van der Waals surface area contributed by atoms with E-state index in [0.717, 1.165) is 32.5 Å². The second-order valence-corrected chi connectivity index (χ2v) is 10.4. The Morgan fingerprint density at radius 1 is 0.886 bits per heavy atom. The maximum Gasteiger partial charge on any atom is 0.243 e. The Balaban J connectivity index is 1.77. The Hall–Kier alpha value is -3.98. The molecule has 1 aromatic heterocycles. The lowest BCUT2D eigenvalue weighted by Crippen LogP contribution is -2.38. The van der Waals surface area contributed by atoms with Gasteiger partial charge in [-0.1, -0.05) is 32.0 Å². The summed E-state index contributed by atoms with van der Waals surface area (Å²) in [7, 11) is -3.78. The van der Waals surface area contributed by atoms with E-state index in [0.29, 0.717) is 16.9 Å². The van der Waals surface area contributed by atoms with Crippen molar-refractivity contribution in [2.75, 3.05) is 21.2 Å². The van der Waals surface area contributed by atoms with Gasteiger partial charge in [-0.05, 0) is 48.5 Å². The number of nitrogens with one attached hydrogen (secondary N) is 2. The highest BCUT2D eigenvalue weighted by molar-refractivity contribution is 7.92. The largest absolute Gasteiger partial charge is 0.354 e. The monoisotopic (exact) mass is 490 g/mol. The zero-order chi connectivity index (χ0) is 25.3. The second-order valence-electron chi connectivity index (χ2n) is 8.61. The standard InChI is InChI=1S/C26H26N4O4S/c1-16(2)26(32)30(35(4,33)34)20-12-9-18(10-13-20)28-25-21-7-5-6-8-23(21)29-24-15-19(27-17(3)31)11-14-22(24)25/h5-16H,1-4H3,(H,27,31)(H,28,29). The quantitative estimate of drug-likeness (QED) is 0.367. The Morgan fingerprint density at radius 2 is 1.51 bits per heavy atom. The van der Waals surface area contributed by atoms with Gasteiger partial charge in [0.1, 0.15) is 0 Å². The first kappa shape index (κ1) is 24.2. The number of anilines is 4. The third kappa shape index (κ3) is 5.09. The molecule has 35 heavy (non-hydrogen) atoms. The molecule has 4 aromatic rings. The first-order chi connectivity index (χ1) is 16.5. The van der Waals surface area contributed by atoms with Crippen LogP contribution in [0.15, 0.2) is 66.7 Å². The van der Waals surface area contributed by atoms with Crippen LogP contribution in [0, 0.1) is 5.92 Å². The SMILES string of the molecule is CC(=O)Nc1ccc2c(Nc3ccc(N(C(=O)C(C)C)S(C)(=O)=O)cc3)c3ccccc3nc2c1. The lowest BCUT2D eigenvalue weighted by atomic mass is 10.1. The molecule has 0 fully saturated rings. The van der Waals surface area contributed by atoms with E-state index in [2.05, 4.69) is 10.6 Å². The van der Waals surface area contributed by atoms with Gasteiger partial charge in [0.25, 0.3) is 0 Å². The maximum atomic E-state index is 12.6. The Morgan fingerprint density at radius 3 is 2.14 bits per heavy atom. The molecule has 2 amide bonds. The zero-order valence-electron chi connectivity index (χ0n) is 19.9. The number of hydrogen-bond donors (Lipinski definition) is 2. The average molecular weight is 491 g/mol. The molecule has 2 N–H and O–H groups in total. The summed E-state index contributed by atoms with van der Waals surface area (Å²) in [6, 6.07) is 19.9. The highest BCUT2D eigenvalue weighted by atomic mass is 32.2. The number of nitrogens with zero attached hydrogens (tertiary/aromatic N) is 2. The number of rotatable bonds is 6. The fourth-order valence-corrected chi connectivity index (χ4v) is 4.89. The van der Waals surface area contributed by atoms with E-state index in [1.807, 2.05) is 42.5 Å². The molecule has 0 atom stereocenters. The molecule has 0 bridgehead atoms. The van der Waals surface area contributed by atoms with Crippen molar-refractivity contribution in [3.63, 3.8) is 0 Å². The second kappa shape index (κ2) is 9.34. The van der Waals surface area contributed by atoms with Crippen LogP contribution in [0.3, 0.4) is 0 Å². The van der Waals surface area contributed by atoms with Crippen LogP contribution in [0.4, 0.5) is 22.7 Å². The molecule has 0 aliphatic rings. The van der Waals surface area contributed by atoms with Crippen LogP contribution in [0.2, 0.25) is 0 Å². The molecule has 0 saturated carbocycles. The van der Waals surface area contributed by atoms with Crippen molar-refractivity contribution in [1.82, 2.24) is 4.98 Å². The van der Waals surface area contributed by atoms with Gasteiger partial charge in [0, 0.05) is 35.0 Å². The highest BCUT2D eigenvalue weighted by Gasteiger charge is 2.27. The molecule has 0 saturated heterocycles. The molecule has 1 heterocycles. The van der Waals surface area contributed by atoms with Crippen molar-refractivity contribution in [2.24, 2.45) is 5.92 Å². The average Bonchev–Trinajstić information content (AvgIpc) is 2.78. The van der Waals surface area contributed by atoms with Crippen LogP contribution in [0.5, 0.6) is 0 Å². The zero-order valence-corrected chi connectivity index (χ0v) is 20.7.